The fraction of sp³-hybridized carbons (Fsp3) is 0.417. The van der Waals surface area contributed by atoms with E-state index < -0.39 is 10.0 Å². The van der Waals surface area contributed by atoms with E-state index in [9.17, 15) is 13.2 Å². The van der Waals surface area contributed by atoms with Gasteiger partial charge in [0.25, 0.3) is 0 Å². The van der Waals surface area contributed by atoms with Gasteiger partial charge in [-0.1, -0.05) is 24.9 Å². The van der Waals surface area contributed by atoms with Gasteiger partial charge in [-0.05, 0) is 31.5 Å². The zero-order valence-corrected chi connectivity index (χ0v) is 11.9. The molecule has 18 heavy (non-hydrogen) atoms. The van der Waals surface area contributed by atoms with Crippen LogP contribution in [0.1, 0.15) is 37.0 Å². The summed E-state index contributed by atoms with van der Waals surface area (Å²) in [5, 5.41) is 0.248. The molecule has 0 unspecified atom stereocenters. The number of ketones is 1. The van der Waals surface area contributed by atoms with Crippen molar-refractivity contribution in [2.75, 3.05) is 10.5 Å². The molecule has 0 amide bonds. The van der Waals surface area contributed by atoms with Gasteiger partial charge in [-0.15, -0.1) is 0 Å². The summed E-state index contributed by atoms with van der Waals surface area (Å²) in [6.07, 6.45) is 1.42. The number of sulfonamides is 1. The molecule has 0 spiro atoms. The van der Waals surface area contributed by atoms with Crippen LogP contribution in [0.3, 0.4) is 0 Å². The Morgan fingerprint density at radius 2 is 2.06 bits per heavy atom. The van der Waals surface area contributed by atoms with E-state index in [1.165, 1.54) is 25.1 Å². The van der Waals surface area contributed by atoms with Gasteiger partial charge in [0.15, 0.2) is 5.78 Å². The first kappa shape index (κ1) is 15.0. The summed E-state index contributed by atoms with van der Waals surface area (Å²) in [4.78, 5) is 11.2. The molecule has 0 bridgehead atoms. The van der Waals surface area contributed by atoms with Crippen LogP contribution in [-0.4, -0.2) is 20.0 Å². The Hall–Kier alpha value is -1.07. The van der Waals surface area contributed by atoms with Crippen molar-refractivity contribution in [1.29, 1.82) is 0 Å². The number of anilines is 1. The molecule has 0 saturated carbocycles. The zero-order chi connectivity index (χ0) is 13.8. The Morgan fingerprint density at radius 1 is 1.39 bits per heavy atom. The van der Waals surface area contributed by atoms with E-state index in [0.29, 0.717) is 17.7 Å². The van der Waals surface area contributed by atoms with E-state index in [0.717, 1.165) is 6.42 Å². The summed E-state index contributed by atoms with van der Waals surface area (Å²) >= 11 is 5.90. The molecule has 4 nitrogen and oxygen atoms in total. The number of hydrogen-bond donors (Lipinski definition) is 1. The van der Waals surface area contributed by atoms with Crippen molar-refractivity contribution in [3.05, 3.63) is 28.8 Å². The maximum atomic E-state index is 11.7. The second-order valence-electron chi connectivity index (χ2n) is 4.03. The molecule has 0 aliphatic carbocycles. The minimum absolute atomic E-state index is 0.0789. The summed E-state index contributed by atoms with van der Waals surface area (Å²) in [6.45, 7) is 3.33. The molecule has 0 aliphatic rings. The molecule has 0 fully saturated rings. The van der Waals surface area contributed by atoms with Crippen LogP contribution in [0.5, 0.6) is 0 Å². The number of unbranched alkanes of at least 4 members (excludes halogenated alkanes) is 1. The van der Waals surface area contributed by atoms with Crippen molar-refractivity contribution in [3.8, 4) is 0 Å². The Kier molecular flexibility index (Phi) is 5.16. The standard InChI is InChI=1S/C12H16ClNO3S/c1-3-4-7-18(16,17)14-10-5-6-11(9(2)15)12(13)8-10/h5-6,8,14H,3-4,7H2,1-2H3. The molecular formula is C12H16ClNO3S. The number of rotatable bonds is 6. The molecule has 0 radical (unpaired) electrons. The van der Waals surface area contributed by atoms with Crippen molar-refractivity contribution in [2.45, 2.75) is 26.7 Å². The fourth-order valence-corrected chi connectivity index (χ4v) is 3.00. The quantitative estimate of drug-likeness (QED) is 0.819. The Balaban J connectivity index is 2.87. The average Bonchev–Trinajstić information content (AvgIpc) is 2.25. The molecule has 0 aromatic heterocycles. The van der Waals surface area contributed by atoms with Crippen molar-refractivity contribution >= 4 is 33.1 Å². The molecule has 1 aromatic carbocycles. The third kappa shape index (κ3) is 4.31. The van der Waals surface area contributed by atoms with Crippen molar-refractivity contribution < 1.29 is 13.2 Å². The van der Waals surface area contributed by atoms with E-state index in [2.05, 4.69) is 4.72 Å². The SMILES string of the molecule is CCCCS(=O)(=O)Nc1ccc(C(C)=O)c(Cl)c1. The fourth-order valence-electron chi connectivity index (χ4n) is 1.43. The van der Waals surface area contributed by atoms with Gasteiger partial charge in [-0.3, -0.25) is 9.52 Å². The van der Waals surface area contributed by atoms with Gasteiger partial charge in [0.2, 0.25) is 10.0 Å². The number of halogens is 1. The van der Waals surface area contributed by atoms with Crippen LogP contribution in [0.25, 0.3) is 0 Å². The van der Waals surface area contributed by atoms with Gasteiger partial charge in [-0.25, -0.2) is 8.42 Å². The second kappa shape index (κ2) is 6.20. The average molecular weight is 290 g/mol. The molecule has 0 heterocycles. The summed E-state index contributed by atoms with van der Waals surface area (Å²) in [5.74, 6) is -0.0735. The molecule has 1 N–H and O–H groups in total. The predicted molar refractivity (Wildman–Crippen MR) is 73.8 cm³/mol. The number of carbonyl (C=O) groups excluding carboxylic acids is 1. The van der Waals surface area contributed by atoms with Crippen molar-refractivity contribution in [3.63, 3.8) is 0 Å². The van der Waals surface area contributed by atoms with Gasteiger partial charge in [0.05, 0.1) is 10.8 Å². The Bertz CT molecular complexity index is 540. The van der Waals surface area contributed by atoms with E-state index in [-0.39, 0.29) is 16.6 Å². The van der Waals surface area contributed by atoms with E-state index in [1.807, 2.05) is 6.92 Å². The normalized spacial score (nSPS) is 11.3. The first-order chi connectivity index (χ1) is 8.35. The number of benzene rings is 1. The van der Waals surface area contributed by atoms with E-state index >= 15 is 0 Å². The summed E-state index contributed by atoms with van der Waals surface area (Å²) < 4.78 is 25.8. The van der Waals surface area contributed by atoms with Crippen molar-refractivity contribution in [1.82, 2.24) is 0 Å². The molecule has 1 aromatic rings. The third-order valence-corrected chi connectivity index (χ3v) is 4.07. The highest BCUT2D eigenvalue weighted by molar-refractivity contribution is 7.92. The molecule has 100 valence electrons. The monoisotopic (exact) mass is 289 g/mol. The lowest BCUT2D eigenvalue weighted by Crippen LogP contribution is -2.16. The van der Waals surface area contributed by atoms with Gasteiger partial charge in [-0.2, -0.15) is 0 Å². The smallest absolute Gasteiger partial charge is 0.232 e. The lowest BCUT2D eigenvalue weighted by molar-refractivity contribution is 0.101. The van der Waals surface area contributed by atoms with Gasteiger partial charge >= 0.3 is 0 Å². The maximum absolute atomic E-state index is 11.7. The van der Waals surface area contributed by atoms with E-state index in [4.69, 9.17) is 11.6 Å². The molecule has 0 saturated heterocycles. The van der Waals surface area contributed by atoms with Crippen LogP contribution in [0, 0.1) is 0 Å². The first-order valence-corrected chi connectivity index (χ1v) is 7.69. The number of hydrogen-bond acceptors (Lipinski definition) is 3. The van der Waals surface area contributed by atoms with Gasteiger partial charge in [0.1, 0.15) is 0 Å². The van der Waals surface area contributed by atoms with Crippen LogP contribution in [-0.2, 0) is 10.0 Å². The number of nitrogens with one attached hydrogen (secondary N) is 1. The van der Waals surface area contributed by atoms with Crippen LogP contribution in [0.4, 0.5) is 5.69 Å². The van der Waals surface area contributed by atoms with Crippen molar-refractivity contribution in [2.24, 2.45) is 0 Å². The van der Waals surface area contributed by atoms with E-state index in [1.54, 1.807) is 0 Å². The summed E-state index contributed by atoms with van der Waals surface area (Å²) in [5.41, 5.74) is 0.759. The van der Waals surface area contributed by atoms with Crippen LogP contribution in [0.2, 0.25) is 5.02 Å². The second-order valence-corrected chi connectivity index (χ2v) is 6.27. The summed E-state index contributed by atoms with van der Waals surface area (Å²) in [6, 6.07) is 4.50. The van der Waals surface area contributed by atoms with Gasteiger partial charge in [0, 0.05) is 11.3 Å². The van der Waals surface area contributed by atoms with Crippen LogP contribution in [0.15, 0.2) is 18.2 Å². The van der Waals surface area contributed by atoms with Crippen LogP contribution >= 0.6 is 11.6 Å². The highest BCUT2D eigenvalue weighted by atomic mass is 35.5. The number of Topliss-reactive ketones (excluding diaryl/α,β-unsaturated/α-hetero) is 1. The lowest BCUT2D eigenvalue weighted by Gasteiger charge is -2.09. The molecule has 0 aliphatic heterocycles. The Morgan fingerprint density at radius 3 is 2.56 bits per heavy atom. The minimum atomic E-state index is -3.34. The maximum Gasteiger partial charge on any atom is 0.232 e. The highest BCUT2D eigenvalue weighted by Crippen LogP contribution is 2.22. The molecule has 1 rings (SSSR count). The number of carbonyl (C=O) groups is 1. The molecule has 0 atom stereocenters. The largest absolute Gasteiger partial charge is 0.294 e. The molecular weight excluding hydrogens is 274 g/mol. The minimum Gasteiger partial charge on any atom is -0.294 e. The molecule has 6 heteroatoms. The zero-order valence-electron chi connectivity index (χ0n) is 10.4. The summed E-state index contributed by atoms with van der Waals surface area (Å²) in [7, 11) is -3.34. The van der Waals surface area contributed by atoms with Crippen LogP contribution < -0.4 is 4.72 Å². The third-order valence-electron chi connectivity index (χ3n) is 2.39. The Labute approximate surface area is 112 Å². The predicted octanol–water partition coefficient (Wildman–Crippen LogP) is 3.08. The lowest BCUT2D eigenvalue weighted by atomic mass is 10.1. The van der Waals surface area contributed by atoms with Gasteiger partial charge < -0.3 is 0 Å². The highest BCUT2D eigenvalue weighted by Gasteiger charge is 2.11. The first-order valence-electron chi connectivity index (χ1n) is 5.66. The topological polar surface area (TPSA) is 63.2 Å².